The molecule has 4 nitrogen and oxygen atoms in total. The Hall–Kier alpha value is -3.06. The number of carbonyl (C=O) groups is 2. The van der Waals surface area contributed by atoms with Gasteiger partial charge in [-0.15, -0.1) is 11.3 Å². The molecule has 0 saturated carbocycles. The largest absolute Gasteiger partial charge is 0.332 e. The van der Waals surface area contributed by atoms with Crippen molar-refractivity contribution < 1.29 is 18.4 Å². The SMILES string of the molecule is Cc1ccc(CN(Cc2ccc(F)cc2)C(=O)CN(C(=O)c2ccccc2F)C(C)C)s1. The van der Waals surface area contributed by atoms with Crippen molar-refractivity contribution in [2.75, 3.05) is 6.54 Å². The second-order valence-corrected chi connectivity index (χ2v) is 9.27. The van der Waals surface area contributed by atoms with Crippen LogP contribution in [-0.2, 0) is 17.9 Å². The monoisotopic (exact) mass is 456 g/mol. The highest BCUT2D eigenvalue weighted by atomic mass is 32.1. The van der Waals surface area contributed by atoms with Gasteiger partial charge in [0.15, 0.2) is 0 Å². The van der Waals surface area contributed by atoms with Crippen molar-refractivity contribution in [1.29, 1.82) is 0 Å². The summed E-state index contributed by atoms with van der Waals surface area (Å²) in [4.78, 5) is 31.5. The number of amides is 2. The molecule has 3 rings (SSSR count). The minimum absolute atomic E-state index is 0.0621. The molecular weight excluding hydrogens is 430 g/mol. The first-order chi connectivity index (χ1) is 15.2. The van der Waals surface area contributed by atoms with Gasteiger partial charge in [-0.1, -0.05) is 24.3 Å². The lowest BCUT2D eigenvalue weighted by Crippen LogP contribution is -2.45. The Balaban J connectivity index is 1.83. The van der Waals surface area contributed by atoms with Crippen molar-refractivity contribution >= 4 is 23.2 Å². The minimum Gasteiger partial charge on any atom is -0.332 e. The highest BCUT2D eigenvalue weighted by Gasteiger charge is 2.26. The third-order valence-electron chi connectivity index (χ3n) is 5.08. The van der Waals surface area contributed by atoms with Crippen LogP contribution in [-0.4, -0.2) is 34.2 Å². The van der Waals surface area contributed by atoms with Crippen LogP contribution in [0, 0.1) is 18.6 Å². The molecule has 1 aromatic heterocycles. The number of nitrogens with zero attached hydrogens (tertiary/aromatic N) is 2. The van der Waals surface area contributed by atoms with Crippen LogP contribution in [0.4, 0.5) is 8.78 Å². The molecule has 0 bridgehead atoms. The molecule has 0 aliphatic heterocycles. The Morgan fingerprint density at radius 3 is 2.22 bits per heavy atom. The zero-order chi connectivity index (χ0) is 23.3. The number of benzene rings is 2. The molecule has 168 valence electrons. The predicted molar refractivity (Wildman–Crippen MR) is 122 cm³/mol. The van der Waals surface area contributed by atoms with Gasteiger partial charge in [0.2, 0.25) is 5.91 Å². The maximum absolute atomic E-state index is 14.2. The van der Waals surface area contributed by atoms with Gasteiger partial charge in [-0.25, -0.2) is 8.78 Å². The van der Waals surface area contributed by atoms with Gasteiger partial charge in [-0.3, -0.25) is 9.59 Å². The normalized spacial score (nSPS) is 10.9. The van der Waals surface area contributed by atoms with Gasteiger partial charge in [0.25, 0.3) is 5.91 Å². The smallest absolute Gasteiger partial charge is 0.257 e. The van der Waals surface area contributed by atoms with Crippen LogP contribution in [0.5, 0.6) is 0 Å². The third-order valence-corrected chi connectivity index (χ3v) is 6.06. The number of rotatable bonds is 8. The van der Waals surface area contributed by atoms with E-state index >= 15 is 0 Å². The van der Waals surface area contributed by atoms with E-state index in [2.05, 4.69) is 0 Å². The fraction of sp³-hybridized carbons (Fsp3) is 0.280. The summed E-state index contributed by atoms with van der Waals surface area (Å²) in [5.41, 5.74) is 0.720. The molecule has 3 aromatic rings. The average Bonchev–Trinajstić information content (AvgIpc) is 3.17. The van der Waals surface area contributed by atoms with Gasteiger partial charge in [-0.2, -0.15) is 0 Å². The highest BCUT2D eigenvalue weighted by molar-refractivity contribution is 7.11. The van der Waals surface area contributed by atoms with Crippen molar-refractivity contribution in [1.82, 2.24) is 9.80 Å². The first kappa shape index (κ1) is 23.6. The minimum atomic E-state index is -0.618. The van der Waals surface area contributed by atoms with Crippen LogP contribution in [0.1, 0.15) is 39.5 Å². The summed E-state index contributed by atoms with van der Waals surface area (Å²) in [6.45, 7) is 6.03. The summed E-state index contributed by atoms with van der Waals surface area (Å²) in [6.07, 6.45) is 0. The topological polar surface area (TPSA) is 40.6 Å². The van der Waals surface area contributed by atoms with Gasteiger partial charge in [0.1, 0.15) is 18.2 Å². The van der Waals surface area contributed by atoms with E-state index in [0.29, 0.717) is 6.54 Å². The van der Waals surface area contributed by atoms with E-state index < -0.39 is 11.7 Å². The molecule has 0 spiro atoms. The molecule has 0 radical (unpaired) electrons. The first-order valence-corrected chi connectivity index (χ1v) is 11.2. The number of hydrogen-bond donors (Lipinski definition) is 0. The van der Waals surface area contributed by atoms with E-state index in [9.17, 15) is 18.4 Å². The van der Waals surface area contributed by atoms with E-state index in [1.807, 2.05) is 19.1 Å². The molecule has 0 aliphatic carbocycles. The molecule has 2 aromatic carbocycles. The molecular formula is C25H26F2N2O2S. The molecule has 1 heterocycles. The van der Waals surface area contributed by atoms with Crippen LogP contribution in [0.25, 0.3) is 0 Å². The zero-order valence-corrected chi connectivity index (χ0v) is 19.2. The van der Waals surface area contributed by atoms with E-state index in [1.54, 1.807) is 48.3 Å². The zero-order valence-electron chi connectivity index (χ0n) is 18.3. The Morgan fingerprint density at radius 2 is 1.62 bits per heavy atom. The van der Waals surface area contributed by atoms with Crippen LogP contribution in [0.3, 0.4) is 0 Å². The predicted octanol–water partition coefficient (Wildman–Crippen LogP) is 5.41. The van der Waals surface area contributed by atoms with Gasteiger partial charge in [0.05, 0.1) is 12.1 Å². The molecule has 0 N–H and O–H groups in total. The fourth-order valence-electron chi connectivity index (χ4n) is 3.32. The van der Waals surface area contributed by atoms with Crippen molar-refractivity contribution in [2.45, 2.75) is 39.9 Å². The summed E-state index contributed by atoms with van der Waals surface area (Å²) >= 11 is 1.59. The van der Waals surface area contributed by atoms with Crippen molar-refractivity contribution in [2.24, 2.45) is 0 Å². The Bertz CT molecular complexity index is 1080. The molecule has 32 heavy (non-hydrogen) atoms. The average molecular weight is 457 g/mol. The summed E-state index contributed by atoms with van der Waals surface area (Å²) in [6, 6.07) is 15.4. The number of aryl methyl sites for hydroxylation is 1. The number of hydrogen-bond acceptors (Lipinski definition) is 3. The van der Waals surface area contributed by atoms with Gasteiger partial charge < -0.3 is 9.80 Å². The number of halogens is 2. The lowest BCUT2D eigenvalue weighted by molar-refractivity contribution is -0.133. The summed E-state index contributed by atoms with van der Waals surface area (Å²) in [5.74, 6) is -1.76. The highest BCUT2D eigenvalue weighted by Crippen LogP contribution is 2.20. The summed E-state index contributed by atoms with van der Waals surface area (Å²) < 4.78 is 27.5. The third kappa shape index (κ3) is 6.01. The molecule has 0 fully saturated rings. The molecule has 0 unspecified atom stereocenters. The second kappa shape index (κ2) is 10.5. The maximum Gasteiger partial charge on any atom is 0.257 e. The van der Waals surface area contributed by atoms with Crippen LogP contribution in [0.15, 0.2) is 60.7 Å². The summed E-state index contributed by atoms with van der Waals surface area (Å²) in [7, 11) is 0. The van der Waals surface area contributed by atoms with Gasteiger partial charge in [-0.05, 0) is 62.7 Å². The lowest BCUT2D eigenvalue weighted by atomic mass is 10.1. The molecule has 0 saturated heterocycles. The number of carbonyl (C=O) groups excluding carboxylic acids is 2. The summed E-state index contributed by atoms with van der Waals surface area (Å²) in [5, 5.41) is 0. The van der Waals surface area contributed by atoms with Crippen molar-refractivity contribution in [3.05, 3.63) is 93.2 Å². The molecule has 0 atom stereocenters. The van der Waals surface area contributed by atoms with E-state index in [0.717, 1.165) is 15.3 Å². The van der Waals surface area contributed by atoms with Gasteiger partial charge >= 0.3 is 0 Å². The number of thiophene rings is 1. The fourth-order valence-corrected chi connectivity index (χ4v) is 4.23. The molecule has 7 heteroatoms. The van der Waals surface area contributed by atoms with Crippen LogP contribution < -0.4 is 0 Å². The Morgan fingerprint density at radius 1 is 0.938 bits per heavy atom. The second-order valence-electron chi connectivity index (χ2n) is 7.90. The van der Waals surface area contributed by atoms with Crippen molar-refractivity contribution in [3.8, 4) is 0 Å². The van der Waals surface area contributed by atoms with Gasteiger partial charge in [0, 0.05) is 22.3 Å². The Labute approximate surface area is 191 Å². The quantitative estimate of drug-likeness (QED) is 0.455. The lowest BCUT2D eigenvalue weighted by Gasteiger charge is -2.30. The van der Waals surface area contributed by atoms with Crippen molar-refractivity contribution in [3.63, 3.8) is 0 Å². The molecule has 0 aliphatic rings. The first-order valence-electron chi connectivity index (χ1n) is 10.4. The Kier molecular flexibility index (Phi) is 7.75. The standard InChI is InChI=1S/C25H26F2N2O2S/c1-17(2)29(25(31)22-6-4-5-7-23(22)27)16-24(30)28(15-21-13-8-18(3)32-21)14-19-9-11-20(26)12-10-19/h4-13,17H,14-16H2,1-3H3. The van der Waals surface area contributed by atoms with Crippen LogP contribution >= 0.6 is 11.3 Å². The van der Waals surface area contributed by atoms with E-state index in [4.69, 9.17) is 0 Å². The van der Waals surface area contributed by atoms with E-state index in [-0.39, 0.29) is 36.4 Å². The van der Waals surface area contributed by atoms with Crippen LogP contribution in [0.2, 0.25) is 0 Å². The van der Waals surface area contributed by atoms with E-state index in [1.165, 1.54) is 35.2 Å². The molecule has 2 amide bonds. The maximum atomic E-state index is 14.2.